The van der Waals surface area contributed by atoms with Crippen molar-refractivity contribution in [2.24, 2.45) is 5.92 Å². The minimum absolute atomic E-state index is 0.000722. The average Bonchev–Trinajstić information content (AvgIpc) is 2.38. The lowest BCUT2D eigenvalue weighted by Crippen LogP contribution is -2.20. The molecular weight excluding hydrogens is 248 g/mol. The molecule has 0 saturated carbocycles. The van der Waals surface area contributed by atoms with Crippen molar-refractivity contribution in [2.75, 3.05) is 17.7 Å². The molecule has 0 aromatic carbocycles. The third-order valence-corrected chi connectivity index (χ3v) is 3.65. The predicted octanol–water partition coefficient (Wildman–Crippen LogP) is 2.29. The highest BCUT2D eigenvalue weighted by molar-refractivity contribution is 7.98. The molecule has 1 amide bonds. The number of pyridine rings is 1. The maximum absolute atomic E-state index is 11.7. The molecule has 0 aliphatic carbocycles. The van der Waals surface area contributed by atoms with E-state index in [2.05, 4.69) is 10.3 Å². The van der Waals surface area contributed by atoms with E-state index in [1.807, 2.05) is 26.0 Å². The number of hydrogen-bond acceptors (Lipinski definition) is 4. The lowest BCUT2D eigenvalue weighted by Gasteiger charge is -2.10. The number of anilines is 1. The Morgan fingerprint density at radius 2 is 2.39 bits per heavy atom. The molecule has 4 nitrogen and oxygen atoms in total. The molecular formula is C13H20N2O2S. The molecule has 1 rings (SSSR count). The van der Waals surface area contributed by atoms with Gasteiger partial charge in [0.15, 0.2) is 0 Å². The first-order valence-electron chi connectivity index (χ1n) is 6.11. The monoisotopic (exact) mass is 268 g/mol. The summed E-state index contributed by atoms with van der Waals surface area (Å²) in [7, 11) is 0. The van der Waals surface area contributed by atoms with Gasteiger partial charge in [-0.2, -0.15) is 11.8 Å². The summed E-state index contributed by atoms with van der Waals surface area (Å²) >= 11 is 1.65. The zero-order chi connectivity index (χ0) is 13.4. The number of aliphatic hydroxyl groups is 1. The lowest BCUT2D eigenvalue weighted by atomic mass is 10.1. The number of hydrogen-bond donors (Lipinski definition) is 2. The van der Waals surface area contributed by atoms with Crippen molar-refractivity contribution in [1.82, 2.24) is 4.98 Å². The molecule has 18 heavy (non-hydrogen) atoms. The van der Waals surface area contributed by atoms with Crippen LogP contribution in [-0.2, 0) is 10.5 Å². The van der Waals surface area contributed by atoms with Crippen LogP contribution in [0.4, 0.5) is 5.82 Å². The average molecular weight is 268 g/mol. The standard InChI is InChI=1S/C13H20N2O2S/c1-3-10(2)13(17)15-12-8-11(4-5-14-12)9-18-7-6-16/h4-5,8,10,16H,3,6-7,9H2,1-2H3,(H,14,15,17). The van der Waals surface area contributed by atoms with Crippen molar-refractivity contribution in [3.05, 3.63) is 23.9 Å². The second-order valence-corrected chi connectivity index (χ2v) is 5.23. The van der Waals surface area contributed by atoms with Crippen LogP contribution in [0.15, 0.2) is 18.3 Å². The highest BCUT2D eigenvalue weighted by atomic mass is 32.2. The van der Waals surface area contributed by atoms with Crippen LogP contribution in [0, 0.1) is 5.92 Å². The van der Waals surface area contributed by atoms with Crippen molar-refractivity contribution in [1.29, 1.82) is 0 Å². The summed E-state index contributed by atoms with van der Waals surface area (Å²) in [6, 6.07) is 3.80. The van der Waals surface area contributed by atoms with Crippen molar-refractivity contribution in [3.63, 3.8) is 0 Å². The molecule has 0 fully saturated rings. The van der Waals surface area contributed by atoms with Gasteiger partial charge in [0.05, 0.1) is 6.61 Å². The number of nitrogens with one attached hydrogen (secondary N) is 1. The molecule has 1 unspecified atom stereocenters. The van der Waals surface area contributed by atoms with Crippen LogP contribution >= 0.6 is 11.8 Å². The van der Waals surface area contributed by atoms with Crippen molar-refractivity contribution < 1.29 is 9.90 Å². The van der Waals surface area contributed by atoms with Gasteiger partial charge >= 0.3 is 0 Å². The molecule has 1 aromatic rings. The zero-order valence-electron chi connectivity index (χ0n) is 10.8. The van der Waals surface area contributed by atoms with E-state index in [1.54, 1.807) is 18.0 Å². The molecule has 0 bridgehead atoms. The van der Waals surface area contributed by atoms with Gasteiger partial charge < -0.3 is 10.4 Å². The van der Waals surface area contributed by atoms with E-state index < -0.39 is 0 Å². The molecule has 1 aromatic heterocycles. The maximum atomic E-state index is 11.7. The van der Waals surface area contributed by atoms with Gasteiger partial charge in [-0.1, -0.05) is 13.8 Å². The van der Waals surface area contributed by atoms with Crippen LogP contribution in [0.2, 0.25) is 0 Å². The van der Waals surface area contributed by atoms with Crippen LogP contribution in [0.3, 0.4) is 0 Å². The Labute approximate surface area is 112 Å². The SMILES string of the molecule is CCC(C)C(=O)Nc1cc(CSCCO)ccn1. The summed E-state index contributed by atoms with van der Waals surface area (Å²) in [6.07, 6.45) is 2.51. The molecule has 0 saturated heterocycles. The summed E-state index contributed by atoms with van der Waals surface area (Å²) in [4.78, 5) is 15.9. The van der Waals surface area contributed by atoms with E-state index in [4.69, 9.17) is 5.11 Å². The first-order valence-corrected chi connectivity index (χ1v) is 7.27. The van der Waals surface area contributed by atoms with E-state index in [9.17, 15) is 4.79 Å². The topological polar surface area (TPSA) is 62.2 Å². The molecule has 0 spiro atoms. The molecule has 0 aliphatic rings. The van der Waals surface area contributed by atoms with E-state index in [-0.39, 0.29) is 18.4 Å². The minimum atomic E-state index is -0.000722. The largest absolute Gasteiger partial charge is 0.396 e. The fourth-order valence-corrected chi connectivity index (χ4v) is 2.01. The Hall–Kier alpha value is -1.07. The number of nitrogens with zero attached hydrogens (tertiary/aromatic N) is 1. The van der Waals surface area contributed by atoms with Gasteiger partial charge in [-0.05, 0) is 24.1 Å². The van der Waals surface area contributed by atoms with Gasteiger partial charge in [0.2, 0.25) is 5.91 Å². The van der Waals surface area contributed by atoms with E-state index in [0.717, 1.165) is 23.5 Å². The molecule has 2 N–H and O–H groups in total. The van der Waals surface area contributed by atoms with E-state index >= 15 is 0 Å². The Bertz CT molecular complexity index is 385. The first kappa shape index (κ1) is 15.0. The summed E-state index contributed by atoms with van der Waals surface area (Å²) < 4.78 is 0. The second kappa shape index (κ2) is 8.11. The summed E-state index contributed by atoms with van der Waals surface area (Å²) in [5, 5.41) is 11.5. The van der Waals surface area contributed by atoms with Gasteiger partial charge in [0.1, 0.15) is 5.82 Å². The van der Waals surface area contributed by atoms with Gasteiger partial charge in [-0.25, -0.2) is 4.98 Å². The number of rotatable bonds is 7. The number of amides is 1. The Morgan fingerprint density at radius 1 is 1.61 bits per heavy atom. The fraction of sp³-hybridized carbons (Fsp3) is 0.538. The Kier molecular flexibility index (Phi) is 6.75. The number of aromatic nitrogens is 1. The molecule has 100 valence electrons. The van der Waals surface area contributed by atoms with Crippen molar-refractivity contribution >= 4 is 23.5 Å². The summed E-state index contributed by atoms with van der Waals surface area (Å²) in [5.74, 6) is 2.14. The molecule has 0 radical (unpaired) electrons. The quantitative estimate of drug-likeness (QED) is 0.745. The minimum Gasteiger partial charge on any atom is -0.396 e. The van der Waals surface area contributed by atoms with E-state index in [1.165, 1.54) is 0 Å². The van der Waals surface area contributed by atoms with Gasteiger partial charge in [0, 0.05) is 23.6 Å². The summed E-state index contributed by atoms with van der Waals surface area (Å²) in [5.41, 5.74) is 1.10. The molecule has 1 atom stereocenters. The van der Waals surface area contributed by atoms with Gasteiger partial charge in [0.25, 0.3) is 0 Å². The smallest absolute Gasteiger partial charge is 0.228 e. The summed E-state index contributed by atoms with van der Waals surface area (Å²) in [6.45, 7) is 4.07. The van der Waals surface area contributed by atoms with Crippen LogP contribution < -0.4 is 5.32 Å². The van der Waals surface area contributed by atoms with Crippen molar-refractivity contribution in [2.45, 2.75) is 26.0 Å². The van der Waals surface area contributed by atoms with Crippen LogP contribution in [0.5, 0.6) is 0 Å². The fourth-order valence-electron chi connectivity index (χ4n) is 1.32. The third-order valence-electron chi connectivity index (χ3n) is 2.64. The van der Waals surface area contributed by atoms with Gasteiger partial charge in [-0.3, -0.25) is 4.79 Å². The van der Waals surface area contributed by atoms with Gasteiger partial charge in [-0.15, -0.1) is 0 Å². The number of aliphatic hydroxyl groups excluding tert-OH is 1. The Balaban J connectivity index is 2.56. The lowest BCUT2D eigenvalue weighted by molar-refractivity contribution is -0.119. The molecule has 1 heterocycles. The normalized spacial score (nSPS) is 12.2. The zero-order valence-corrected chi connectivity index (χ0v) is 11.7. The van der Waals surface area contributed by atoms with Crippen molar-refractivity contribution in [3.8, 4) is 0 Å². The maximum Gasteiger partial charge on any atom is 0.228 e. The second-order valence-electron chi connectivity index (χ2n) is 4.12. The predicted molar refractivity (Wildman–Crippen MR) is 75.6 cm³/mol. The van der Waals surface area contributed by atoms with Crippen LogP contribution in [0.25, 0.3) is 0 Å². The first-order chi connectivity index (χ1) is 8.67. The van der Waals surface area contributed by atoms with Crippen LogP contribution in [0.1, 0.15) is 25.8 Å². The highest BCUT2D eigenvalue weighted by Gasteiger charge is 2.11. The Morgan fingerprint density at radius 3 is 3.06 bits per heavy atom. The number of thioether (sulfide) groups is 1. The van der Waals surface area contributed by atoms with E-state index in [0.29, 0.717) is 5.82 Å². The van der Waals surface area contributed by atoms with Crippen LogP contribution in [-0.4, -0.2) is 28.4 Å². The number of carbonyl (C=O) groups excluding carboxylic acids is 1. The third kappa shape index (κ3) is 5.06. The molecule has 0 aliphatic heterocycles. The highest BCUT2D eigenvalue weighted by Crippen LogP contribution is 2.15. The molecule has 5 heteroatoms. The number of carbonyl (C=O) groups is 1.